The Morgan fingerprint density at radius 1 is 1.12 bits per heavy atom. The van der Waals surface area contributed by atoms with Gasteiger partial charge >= 0.3 is 0 Å². The van der Waals surface area contributed by atoms with Gasteiger partial charge < -0.3 is 9.64 Å². The van der Waals surface area contributed by atoms with E-state index in [-0.39, 0.29) is 18.2 Å². The van der Waals surface area contributed by atoms with E-state index in [4.69, 9.17) is 16.3 Å². The molecule has 2 amide bonds. The summed E-state index contributed by atoms with van der Waals surface area (Å²) in [5, 5.41) is 4.70. The molecule has 0 saturated carbocycles. The van der Waals surface area contributed by atoms with Crippen molar-refractivity contribution in [3.8, 4) is 5.75 Å². The summed E-state index contributed by atoms with van der Waals surface area (Å²) in [5.41, 5.74) is 5.04. The van der Waals surface area contributed by atoms with Crippen molar-refractivity contribution in [3.63, 3.8) is 0 Å². The summed E-state index contributed by atoms with van der Waals surface area (Å²) < 4.78 is 6.70. The molecule has 0 spiro atoms. The van der Waals surface area contributed by atoms with Crippen LogP contribution in [0.15, 0.2) is 82.4 Å². The van der Waals surface area contributed by atoms with Crippen LogP contribution in [0.3, 0.4) is 0 Å². The summed E-state index contributed by atoms with van der Waals surface area (Å²) in [6.07, 6.45) is 1.72. The minimum absolute atomic E-state index is 0.0752. The number of ether oxygens (including phenoxy) is 1. The van der Waals surface area contributed by atoms with Crippen LogP contribution >= 0.6 is 27.5 Å². The molecule has 1 heterocycles. The Morgan fingerprint density at radius 3 is 2.58 bits per heavy atom. The number of hydrazone groups is 1. The first kappa shape index (κ1) is 23.0. The first-order chi connectivity index (χ1) is 16.0. The number of carbonyl (C=O) groups excluding carboxylic acids is 2. The molecule has 8 heteroatoms. The number of benzene rings is 3. The molecular weight excluding hydrogens is 506 g/mol. The Balaban J connectivity index is 1.27. The Labute approximate surface area is 205 Å². The molecule has 1 aliphatic rings. The van der Waals surface area contributed by atoms with E-state index in [2.05, 4.69) is 26.5 Å². The molecule has 6 nitrogen and oxygen atoms in total. The minimum Gasteiger partial charge on any atom is -0.489 e. The maximum atomic E-state index is 12.5. The first-order valence-corrected chi connectivity index (χ1v) is 11.5. The first-order valence-electron chi connectivity index (χ1n) is 10.3. The fourth-order valence-corrected chi connectivity index (χ4v) is 3.90. The molecule has 1 N–H and O–H groups in total. The summed E-state index contributed by atoms with van der Waals surface area (Å²) in [6, 6.07) is 22.3. The van der Waals surface area contributed by atoms with Crippen LogP contribution in [0, 0.1) is 5.92 Å². The highest BCUT2D eigenvalue weighted by Gasteiger charge is 2.35. The smallest absolute Gasteiger partial charge is 0.245 e. The highest BCUT2D eigenvalue weighted by molar-refractivity contribution is 9.10. The summed E-state index contributed by atoms with van der Waals surface area (Å²) in [5.74, 6) is -0.0970. The van der Waals surface area contributed by atoms with Gasteiger partial charge in [-0.3, -0.25) is 9.59 Å². The van der Waals surface area contributed by atoms with Gasteiger partial charge in [-0.15, -0.1) is 0 Å². The number of nitrogens with one attached hydrogen (secondary N) is 1. The lowest BCUT2D eigenvalue weighted by Crippen LogP contribution is -2.30. The topological polar surface area (TPSA) is 71.0 Å². The minimum atomic E-state index is -0.445. The van der Waals surface area contributed by atoms with Gasteiger partial charge in [-0.2, -0.15) is 5.10 Å². The van der Waals surface area contributed by atoms with Crippen LogP contribution in [0.1, 0.15) is 17.5 Å². The zero-order chi connectivity index (χ0) is 23.2. The van der Waals surface area contributed by atoms with Crippen molar-refractivity contribution in [2.45, 2.75) is 13.0 Å². The van der Waals surface area contributed by atoms with Gasteiger partial charge in [0.2, 0.25) is 11.8 Å². The van der Waals surface area contributed by atoms with Gasteiger partial charge in [0.1, 0.15) is 12.4 Å². The third-order valence-electron chi connectivity index (χ3n) is 5.25. The summed E-state index contributed by atoms with van der Waals surface area (Å²) >= 11 is 9.52. The van der Waals surface area contributed by atoms with Crippen molar-refractivity contribution in [2.24, 2.45) is 11.0 Å². The molecule has 1 fully saturated rings. The zero-order valence-corrected chi connectivity index (χ0v) is 19.9. The highest BCUT2D eigenvalue weighted by atomic mass is 79.9. The predicted octanol–water partition coefficient (Wildman–Crippen LogP) is 5.18. The lowest BCUT2D eigenvalue weighted by Gasteiger charge is -2.16. The lowest BCUT2D eigenvalue weighted by molar-refractivity contribution is -0.126. The number of halogens is 2. The standard InChI is InChI=1S/C25H21BrClN3O3/c26-20-7-9-21(10-8-20)30-15-19(13-24(30)31)25(32)29-28-14-17-5-11-22(12-6-17)33-16-18-3-1-2-4-23(18)27/h1-12,14,19H,13,15-16H2,(H,29,32)/b28-14-/t19-/m1/s1. The van der Waals surface area contributed by atoms with Crippen LogP contribution in [0.5, 0.6) is 5.75 Å². The van der Waals surface area contributed by atoms with E-state index in [1.54, 1.807) is 11.1 Å². The molecule has 1 aliphatic heterocycles. The molecule has 4 rings (SSSR count). The second-order valence-corrected chi connectivity index (χ2v) is 8.89. The number of carbonyl (C=O) groups is 2. The maximum Gasteiger partial charge on any atom is 0.245 e. The molecule has 168 valence electrons. The van der Waals surface area contributed by atoms with Crippen LogP contribution in [-0.4, -0.2) is 24.6 Å². The monoisotopic (exact) mass is 525 g/mol. The zero-order valence-electron chi connectivity index (χ0n) is 17.6. The molecule has 3 aromatic rings. The van der Waals surface area contributed by atoms with Gasteiger partial charge in [0, 0.05) is 33.7 Å². The number of anilines is 1. The molecular formula is C25H21BrClN3O3. The molecule has 0 aromatic heterocycles. The molecule has 3 aromatic carbocycles. The number of amides is 2. The lowest BCUT2D eigenvalue weighted by atomic mass is 10.1. The van der Waals surface area contributed by atoms with E-state index >= 15 is 0 Å². The van der Waals surface area contributed by atoms with Crippen molar-refractivity contribution in [2.75, 3.05) is 11.4 Å². The molecule has 0 unspecified atom stereocenters. The fraction of sp³-hybridized carbons (Fsp3) is 0.160. The van der Waals surface area contributed by atoms with Crippen molar-refractivity contribution in [3.05, 3.63) is 93.4 Å². The predicted molar refractivity (Wildman–Crippen MR) is 133 cm³/mol. The molecule has 0 aliphatic carbocycles. The summed E-state index contributed by atoms with van der Waals surface area (Å²) in [7, 11) is 0. The highest BCUT2D eigenvalue weighted by Crippen LogP contribution is 2.26. The van der Waals surface area contributed by atoms with Crippen LogP contribution in [0.25, 0.3) is 0 Å². The van der Waals surface area contributed by atoms with Crippen molar-refractivity contribution >= 4 is 51.2 Å². The van der Waals surface area contributed by atoms with Crippen molar-refractivity contribution in [1.29, 1.82) is 0 Å². The Bertz CT molecular complexity index is 1170. The second-order valence-electron chi connectivity index (χ2n) is 7.57. The number of rotatable bonds is 7. The van der Waals surface area contributed by atoms with E-state index in [9.17, 15) is 9.59 Å². The number of hydrogen-bond acceptors (Lipinski definition) is 4. The van der Waals surface area contributed by atoms with E-state index in [0.29, 0.717) is 23.9 Å². The summed E-state index contributed by atoms with van der Waals surface area (Å²) in [4.78, 5) is 26.4. The van der Waals surface area contributed by atoms with Crippen LogP contribution in [0.2, 0.25) is 5.02 Å². The Kier molecular flexibility index (Phi) is 7.42. The normalized spacial score (nSPS) is 15.8. The van der Waals surface area contributed by atoms with Crippen LogP contribution in [-0.2, 0) is 16.2 Å². The van der Waals surface area contributed by atoms with Crippen molar-refractivity contribution < 1.29 is 14.3 Å². The van der Waals surface area contributed by atoms with E-state index in [0.717, 1.165) is 21.3 Å². The average Bonchev–Trinajstić information content (AvgIpc) is 3.21. The third kappa shape index (κ3) is 6.00. The largest absolute Gasteiger partial charge is 0.489 e. The maximum absolute atomic E-state index is 12.5. The van der Waals surface area contributed by atoms with E-state index in [1.807, 2.05) is 72.8 Å². The summed E-state index contributed by atoms with van der Waals surface area (Å²) in [6.45, 7) is 0.708. The molecule has 1 atom stereocenters. The van der Waals surface area contributed by atoms with Gasteiger partial charge in [-0.05, 0) is 60.2 Å². The van der Waals surface area contributed by atoms with Gasteiger partial charge in [0.05, 0.1) is 12.1 Å². The number of hydrogen-bond donors (Lipinski definition) is 1. The molecule has 0 bridgehead atoms. The van der Waals surface area contributed by atoms with E-state index in [1.165, 1.54) is 0 Å². The van der Waals surface area contributed by atoms with Gasteiger partial charge in [-0.1, -0.05) is 45.7 Å². The quantitative estimate of drug-likeness (QED) is 0.340. The van der Waals surface area contributed by atoms with E-state index < -0.39 is 5.92 Å². The SMILES string of the molecule is O=C(N/N=C\c1ccc(OCc2ccccc2Cl)cc1)[C@@H]1CC(=O)N(c2ccc(Br)cc2)C1. The second kappa shape index (κ2) is 10.6. The molecule has 33 heavy (non-hydrogen) atoms. The van der Waals surface area contributed by atoms with Gasteiger partial charge in [0.15, 0.2) is 0 Å². The Morgan fingerprint density at radius 2 is 1.85 bits per heavy atom. The molecule has 0 radical (unpaired) electrons. The van der Waals surface area contributed by atoms with Crippen LogP contribution in [0.4, 0.5) is 5.69 Å². The van der Waals surface area contributed by atoms with Crippen molar-refractivity contribution in [1.82, 2.24) is 5.43 Å². The Hall–Kier alpha value is -3.16. The van der Waals surface area contributed by atoms with Gasteiger partial charge in [0.25, 0.3) is 0 Å². The van der Waals surface area contributed by atoms with Crippen LogP contribution < -0.4 is 15.1 Å². The third-order valence-corrected chi connectivity index (χ3v) is 6.15. The molecule has 1 saturated heterocycles. The fourth-order valence-electron chi connectivity index (χ4n) is 3.44. The average molecular weight is 527 g/mol. The number of nitrogens with zero attached hydrogens (tertiary/aromatic N) is 2. The van der Waals surface area contributed by atoms with Gasteiger partial charge in [-0.25, -0.2) is 5.43 Å².